The van der Waals surface area contributed by atoms with Gasteiger partial charge < -0.3 is 5.32 Å². The molecule has 1 rings (SSSR count). The Hall–Kier alpha value is -1.08. The average molecular weight is 251 g/mol. The molecule has 0 unspecified atom stereocenters. The molecular weight excluding hydrogens is 237 g/mol. The van der Waals surface area contributed by atoms with E-state index in [0.717, 1.165) is 0 Å². The van der Waals surface area contributed by atoms with Crippen molar-refractivity contribution in [2.75, 3.05) is 0 Å². The smallest absolute Gasteiger partial charge is 0.367 e. The van der Waals surface area contributed by atoms with Gasteiger partial charge in [-0.2, -0.15) is 13.2 Å². The maximum atomic E-state index is 12.1. The highest BCUT2D eigenvalue weighted by Crippen LogP contribution is 2.35. The predicted molar refractivity (Wildman–Crippen MR) is 53.0 cm³/mol. The van der Waals surface area contributed by atoms with E-state index in [-0.39, 0.29) is 5.70 Å². The number of ketones is 1. The Balaban J connectivity index is 3.09. The van der Waals surface area contributed by atoms with Crippen LogP contribution in [0, 0.1) is 0 Å². The lowest BCUT2D eigenvalue weighted by molar-refractivity contribution is -0.243. The summed E-state index contributed by atoms with van der Waals surface area (Å²) in [7, 11) is 0. The van der Waals surface area contributed by atoms with Gasteiger partial charge in [0, 0.05) is 11.8 Å². The van der Waals surface area contributed by atoms with Crippen LogP contribution in [0.1, 0.15) is 27.7 Å². The number of halogens is 3. The van der Waals surface area contributed by atoms with Crippen LogP contribution in [-0.2, 0) is 10.0 Å². The number of allylic oxidation sites excluding steroid dienone is 1. The Kier molecular flexibility index (Phi) is 3.05. The summed E-state index contributed by atoms with van der Waals surface area (Å²) in [6.07, 6.45) is -4.48. The minimum Gasteiger partial charge on any atom is -0.367 e. The van der Waals surface area contributed by atoms with Crippen LogP contribution in [0.5, 0.6) is 0 Å². The molecule has 97 valence electrons. The molecule has 0 amide bonds. The predicted octanol–water partition coefficient (Wildman–Crippen LogP) is 1.77. The van der Waals surface area contributed by atoms with E-state index in [1.165, 1.54) is 27.7 Å². The van der Waals surface area contributed by atoms with Gasteiger partial charge in [-0.1, -0.05) is 0 Å². The number of carbonyl (C=O) groups excluding carboxylic acids is 1. The van der Waals surface area contributed by atoms with Gasteiger partial charge in [-0.3, -0.25) is 4.79 Å². The van der Waals surface area contributed by atoms with E-state index in [1.807, 2.05) is 0 Å². The highest BCUT2D eigenvalue weighted by Gasteiger charge is 2.50. The summed E-state index contributed by atoms with van der Waals surface area (Å²) in [5.41, 5.74) is -2.26. The molecule has 4 nitrogen and oxygen atoms in total. The van der Waals surface area contributed by atoms with Crippen molar-refractivity contribution in [3.63, 3.8) is 0 Å². The normalized spacial score (nSPS) is 26.0. The number of hydroxylamine groups is 2. The molecule has 0 atom stereocenters. The molecule has 7 heteroatoms. The van der Waals surface area contributed by atoms with Gasteiger partial charge in [0.25, 0.3) is 5.78 Å². The minimum absolute atomic E-state index is 0.0279. The van der Waals surface area contributed by atoms with Crippen LogP contribution in [0.2, 0.25) is 0 Å². The Morgan fingerprint density at radius 1 is 1.29 bits per heavy atom. The minimum atomic E-state index is -4.93. The van der Waals surface area contributed by atoms with Gasteiger partial charge in [-0.25, -0.2) is 0 Å². The fourth-order valence-corrected chi connectivity index (χ4v) is 1.77. The van der Waals surface area contributed by atoms with Crippen molar-refractivity contribution in [2.45, 2.75) is 45.1 Å². The van der Waals surface area contributed by atoms with E-state index in [9.17, 15) is 23.2 Å². The van der Waals surface area contributed by atoms with Crippen molar-refractivity contribution in [1.82, 2.24) is 10.4 Å². The van der Waals surface area contributed by atoms with Crippen LogP contribution in [-0.4, -0.2) is 28.2 Å². The molecular formula is C10H14F3N2O2. The number of hydrogen-bond donors (Lipinski definition) is 1. The van der Waals surface area contributed by atoms with E-state index in [2.05, 4.69) is 5.32 Å². The van der Waals surface area contributed by atoms with E-state index < -0.39 is 23.2 Å². The Morgan fingerprint density at radius 3 is 2.06 bits per heavy atom. The first kappa shape index (κ1) is 14.0. The van der Waals surface area contributed by atoms with E-state index in [1.54, 1.807) is 0 Å². The van der Waals surface area contributed by atoms with Crippen molar-refractivity contribution < 1.29 is 23.2 Å². The molecule has 0 spiro atoms. The molecule has 1 fully saturated rings. The molecule has 0 aliphatic carbocycles. The van der Waals surface area contributed by atoms with Gasteiger partial charge >= 0.3 is 6.18 Å². The summed E-state index contributed by atoms with van der Waals surface area (Å²) >= 11 is 0. The van der Waals surface area contributed by atoms with Gasteiger partial charge in [-0.15, -0.1) is 10.3 Å². The van der Waals surface area contributed by atoms with E-state index in [0.29, 0.717) is 11.1 Å². The third-order valence-corrected chi connectivity index (χ3v) is 2.67. The molecule has 17 heavy (non-hydrogen) atoms. The first-order valence-electron chi connectivity index (χ1n) is 4.98. The molecule has 0 aromatic rings. The monoisotopic (exact) mass is 251 g/mol. The average Bonchev–Trinajstić information content (AvgIpc) is 2.26. The Morgan fingerprint density at radius 2 is 1.76 bits per heavy atom. The third kappa shape index (κ3) is 2.44. The van der Waals surface area contributed by atoms with Crippen molar-refractivity contribution in [1.29, 1.82) is 0 Å². The Labute approximate surface area is 97.0 Å². The lowest BCUT2D eigenvalue weighted by Gasteiger charge is -2.29. The van der Waals surface area contributed by atoms with Crippen LogP contribution in [0.3, 0.4) is 0 Å². The van der Waals surface area contributed by atoms with Gasteiger partial charge in [0.15, 0.2) is 0 Å². The number of nitrogens with zero attached hydrogens (tertiary/aromatic N) is 1. The molecule has 1 aliphatic heterocycles. The van der Waals surface area contributed by atoms with Crippen LogP contribution >= 0.6 is 0 Å². The third-order valence-electron chi connectivity index (χ3n) is 2.67. The van der Waals surface area contributed by atoms with Crippen molar-refractivity contribution in [3.05, 3.63) is 11.8 Å². The summed E-state index contributed by atoms with van der Waals surface area (Å²) in [6, 6.07) is 0. The maximum absolute atomic E-state index is 12.1. The standard InChI is InChI=1S/C10H14F3N2O2/c1-8(2)6(5-7(16)10(11,12)13)14-9(3,4)15(8)17/h5,14H,1-4H3/b6-5-. The van der Waals surface area contributed by atoms with Crippen molar-refractivity contribution in [2.24, 2.45) is 0 Å². The molecule has 1 N–H and O–H groups in total. The van der Waals surface area contributed by atoms with Crippen LogP contribution in [0.15, 0.2) is 11.8 Å². The molecule has 0 bridgehead atoms. The molecule has 0 aromatic carbocycles. The molecule has 1 radical (unpaired) electrons. The molecule has 0 aromatic heterocycles. The van der Waals surface area contributed by atoms with Crippen LogP contribution < -0.4 is 5.32 Å². The highest BCUT2D eigenvalue weighted by atomic mass is 19.4. The number of hydrogen-bond acceptors (Lipinski definition) is 3. The van der Waals surface area contributed by atoms with Crippen LogP contribution in [0.25, 0.3) is 0 Å². The first-order chi connectivity index (χ1) is 7.39. The second kappa shape index (κ2) is 3.71. The number of carbonyl (C=O) groups is 1. The van der Waals surface area contributed by atoms with Gasteiger partial charge in [0.2, 0.25) is 0 Å². The van der Waals surface area contributed by atoms with Crippen molar-refractivity contribution in [3.8, 4) is 0 Å². The topological polar surface area (TPSA) is 52.2 Å². The zero-order valence-electron chi connectivity index (χ0n) is 9.97. The van der Waals surface area contributed by atoms with Gasteiger partial charge in [-0.05, 0) is 27.7 Å². The quantitative estimate of drug-likeness (QED) is 0.722. The lowest BCUT2D eigenvalue weighted by atomic mass is 10.0. The van der Waals surface area contributed by atoms with E-state index in [4.69, 9.17) is 0 Å². The highest BCUT2D eigenvalue weighted by molar-refractivity contribution is 5.95. The molecule has 1 heterocycles. The second-order valence-corrected chi connectivity index (χ2v) is 4.96. The van der Waals surface area contributed by atoms with Crippen molar-refractivity contribution >= 4 is 5.78 Å². The van der Waals surface area contributed by atoms with Crippen LogP contribution in [0.4, 0.5) is 13.2 Å². The van der Waals surface area contributed by atoms with Gasteiger partial charge in [0.05, 0.1) is 5.54 Å². The second-order valence-electron chi connectivity index (χ2n) is 4.96. The van der Waals surface area contributed by atoms with E-state index >= 15 is 0 Å². The number of rotatable bonds is 1. The Bertz CT molecular complexity index is 372. The fraction of sp³-hybridized carbons (Fsp3) is 0.700. The lowest BCUT2D eigenvalue weighted by Crippen LogP contribution is -2.47. The first-order valence-corrected chi connectivity index (χ1v) is 4.98. The maximum Gasteiger partial charge on any atom is 0.454 e. The summed E-state index contributed by atoms with van der Waals surface area (Å²) in [4.78, 5) is 10.9. The van der Waals surface area contributed by atoms with Gasteiger partial charge in [0.1, 0.15) is 5.66 Å². The zero-order chi connectivity index (χ0) is 13.6. The molecule has 1 saturated heterocycles. The summed E-state index contributed by atoms with van der Waals surface area (Å²) < 4.78 is 36.4. The SMILES string of the molecule is CC1(C)N/C(=C\C(=O)C(F)(F)F)C(C)(C)N1[O]. The largest absolute Gasteiger partial charge is 0.454 e. The fourth-order valence-electron chi connectivity index (χ4n) is 1.77. The molecule has 0 saturated carbocycles. The zero-order valence-corrected chi connectivity index (χ0v) is 9.97. The molecule has 1 aliphatic rings. The summed E-state index contributed by atoms with van der Waals surface area (Å²) in [6.45, 7) is 5.97. The number of alkyl halides is 3. The summed E-state index contributed by atoms with van der Waals surface area (Å²) in [5.74, 6) is -1.97. The summed E-state index contributed by atoms with van der Waals surface area (Å²) in [5, 5.41) is 15.1. The number of nitrogens with one attached hydrogen (secondary N) is 1.